The van der Waals surface area contributed by atoms with Crippen molar-refractivity contribution >= 4 is 39.7 Å². The number of amides is 1. The number of benzene rings is 4. The first-order chi connectivity index (χ1) is 18.4. The molecule has 0 spiro atoms. The highest BCUT2D eigenvalue weighted by Crippen LogP contribution is 2.40. The molecule has 2 atom stereocenters. The van der Waals surface area contributed by atoms with Gasteiger partial charge in [-0.1, -0.05) is 73.1 Å². The van der Waals surface area contributed by atoms with Gasteiger partial charge in [-0.15, -0.1) is 0 Å². The first-order valence-corrected chi connectivity index (χ1v) is 13.3. The van der Waals surface area contributed by atoms with Crippen LogP contribution in [0.4, 0.5) is 11.4 Å². The predicted molar refractivity (Wildman–Crippen MR) is 155 cm³/mol. The molecular weight excluding hydrogens is 496 g/mol. The molecule has 4 aromatic rings. The van der Waals surface area contributed by atoms with Crippen LogP contribution < -0.4 is 10.2 Å². The van der Waals surface area contributed by atoms with E-state index < -0.39 is 12.1 Å². The Morgan fingerprint density at radius 3 is 2.47 bits per heavy atom. The van der Waals surface area contributed by atoms with E-state index in [9.17, 15) is 15.0 Å². The van der Waals surface area contributed by atoms with Crippen LogP contribution in [0.2, 0.25) is 5.02 Å². The van der Waals surface area contributed by atoms with E-state index in [1.54, 1.807) is 17.0 Å². The first kappa shape index (κ1) is 25.8. The van der Waals surface area contributed by atoms with Crippen LogP contribution in [0.1, 0.15) is 36.1 Å². The molecule has 5 rings (SSSR count). The van der Waals surface area contributed by atoms with E-state index in [0.717, 1.165) is 34.0 Å². The molecule has 6 heteroatoms. The summed E-state index contributed by atoms with van der Waals surface area (Å²) in [7, 11) is 0. The Morgan fingerprint density at radius 1 is 1.00 bits per heavy atom. The number of hydrogen-bond acceptors (Lipinski definition) is 4. The summed E-state index contributed by atoms with van der Waals surface area (Å²) in [6.45, 7) is 4.44. The molecule has 38 heavy (non-hydrogen) atoms. The molecule has 0 aliphatic carbocycles. The van der Waals surface area contributed by atoms with Crippen LogP contribution in [0.3, 0.4) is 0 Å². The largest absolute Gasteiger partial charge is 0.509 e. The Kier molecular flexibility index (Phi) is 7.41. The summed E-state index contributed by atoms with van der Waals surface area (Å²) >= 11 is 6.10. The van der Waals surface area contributed by atoms with Gasteiger partial charge in [-0.05, 0) is 72.0 Å². The quantitative estimate of drug-likeness (QED) is 0.177. The Hall–Kier alpha value is -3.80. The van der Waals surface area contributed by atoms with Gasteiger partial charge in [0.15, 0.2) is 0 Å². The lowest BCUT2D eigenvalue weighted by Gasteiger charge is -2.35. The topological polar surface area (TPSA) is 72.8 Å². The van der Waals surface area contributed by atoms with E-state index in [-0.39, 0.29) is 17.2 Å². The SMILES string of the molecule is CCCN1C(=O)C(=C(O)C(Cc2ccc(Cl)cc2)Nc2ccc3ccccc3c2)C(O)c2ccc(C)cc21. The zero-order valence-corrected chi connectivity index (χ0v) is 22.2. The van der Waals surface area contributed by atoms with Gasteiger partial charge >= 0.3 is 0 Å². The highest BCUT2D eigenvalue weighted by atomic mass is 35.5. The fraction of sp³-hybridized carbons (Fsp3) is 0.219. The van der Waals surface area contributed by atoms with E-state index in [0.29, 0.717) is 29.2 Å². The number of aliphatic hydroxyl groups is 2. The maximum absolute atomic E-state index is 13.8. The lowest BCUT2D eigenvalue weighted by atomic mass is 9.89. The minimum absolute atomic E-state index is 0.00190. The predicted octanol–water partition coefficient (Wildman–Crippen LogP) is 7.13. The number of aliphatic hydroxyl groups excluding tert-OH is 2. The van der Waals surface area contributed by atoms with Crippen molar-refractivity contribution in [1.29, 1.82) is 0 Å². The monoisotopic (exact) mass is 526 g/mol. The van der Waals surface area contributed by atoms with E-state index >= 15 is 0 Å². The third kappa shape index (κ3) is 5.13. The van der Waals surface area contributed by atoms with Gasteiger partial charge in [0.25, 0.3) is 5.91 Å². The van der Waals surface area contributed by atoms with Crippen LogP contribution in [0.25, 0.3) is 10.8 Å². The fourth-order valence-electron chi connectivity index (χ4n) is 5.08. The van der Waals surface area contributed by atoms with Crippen LogP contribution in [0.5, 0.6) is 0 Å². The van der Waals surface area contributed by atoms with Crippen LogP contribution in [-0.4, -0.2) is 28.7 Å². The molecule has 0 saturated carbocycles. The second-order valence-electron chi connectivity index (χ2n) is 9.81. The third-order valence-electron chi connectivity index (χ3n) is 7.02. The van der Waals surface area contributed by atoms with Crippen molar-refractivity contribution in [3.05, 3.63) is 118 Å². The maximum Gasteiger partial charge on any atom is 0.260 e. The van der Waals surface area contributed by atoms with Crippen LogP contribution in [0.15, 0.2) is 96.3 Å². The van der Waals surface area contributed by atoms with Crippen molar-refractivity contribution in [2.75, 3.05) is 16.8 Å². The summed E-state index contributed by atoms with van der Waals surface area (Å²) in [5.41, 5.74) is 4.04. The lowest BCUT2D eigenvalue weighted by molar-refractivity contribution is -0.116. The number of carbonyl (C=O) groups excluding carboxylic acids is 1. The Morgan fingerprint density at radius 2 is 1.74 bits per heavy atom. The number of aryl methyl sites for hydroxylation is 1. The summed E-state index contributed by atoms with van der Waals surface area (Å²) in [6.07, 6.45) is -0.113. The van der Waals surface area contributed by atoms with Crippen molar-refractivity contribution in [2.24, 2.45) is 0 Å². The van der Waals surface area contributed by atoms with Crippen molar-refractivity contribution in [1.82, 2.24) is 0 Å². The Bertz CT molecular complexity index is 1510. The number of halogens is 1. The molecule has 194 valence electrons. The van der Waals surface area contributed by atoms with Gasteiger partial charge in [-0.25, -0.2) is 0 Å². The average Bonchev–Trinajstić information content (AvgIpc) is 2.91. The third-order valence-corrected chi connectivity index (χ3v) is 7.27. The molecule has 0 aromatic heterocycles. The summed E-state index contributed by atoms with van der Waals surface area (Å²) in [6, 6.07) is 26.4. The van der Waals surface area contributed by atoms with Crippen LogP contribution >= 0.6 is 11.6 Å². The average molecular weight is 527 g/mol. The Labute approximate surface area is 228 Å². The van der Waals surface area contributed by atoms with E-state index in [4.69, 9.17) is 11.6 Å². The number of rotatable bonds is 7. The maximum atomic E-state index is 13.8. The van der Waals surface area contributed by atoms with Crippen molar-refractivity contribution in [3.8, 4) is 0 Å². The standard InChI is InChI=1S/C32H31ClN2O3/c1-3-16-35-28-17-20(2)8-15-26(28)30(36)29(32(35)38)31(37)27(18-21-9-12-24(33)13-10-21)34-25-14-11-22-6-4-5-7-23(22)19-25/h4-15,17,19,27,30,34,36-37H,3,16,18H2,1-2H3. The summed E-state index contributed by atoms with van der Waals surface area (Å²) in [4.78, 5) is 15.4. The van der Waals surface area contributed by atoms with Crippen LogP contribution in [0, 0.1) is 6.92 Å². The normalized spacial score (nSPS) is 17.3. The van der Waals surface area contributed by atoms with Gasteiger partial charge in [-0.2, -0.15) is 0 Å². The molecule has 0 bridgehead atoms. The molecule has 0 saturated heterocycles. The van der Waals surface area contributed by atoms with Gasteiger partial charge in [-0.3, -0.25) is 4.79 Å². The molecule has 3 N–H and O–H groups in total. The highest BCUT2D eigenvalue weighted by Gasteiger charge is 2.38. The molecule has 5 nitrogen and oxygen atoms in total. The number of anilines is 2. The zero-order valence-electron chi connectivity index (χ0n) is 21.5. The Balaban J connectivity index is 1.59. The first-order valence-electron chi connectivity index (χ1n) is 12.9. The molecule has 0 fully saturated rings. The van der Waals surface area contributed by atoms with E-state index in [1.807, 2.05) is 86.6 Å². The highest BCUT2D eigenvalue weighted by molar-refractivity contribution is 6.30. The second-order valence-corrected chi connectivity index (χ2v) is 10.2. The smallest absolute Gasteiger partial charge is 0.260 e. The number of fused-ring (bicyclic) bond motifs is 2. The minimum atomic E-state index is -1.24. The number of nitrogens with one attached hydrogen (secondary N) is 1. The molecule has 1 amide bonds. The van der Waals surface area contributed by atoms with Gasteiger partial charge in [0.05, 0.1) is 17.3 Å². The summed E-state index contributed by atoms with van der Waals surface area (Å²) in [5, 5.41) is 29.3. The fourth-order valence-corrected chi connectivity index (χ4v) is 5.21. The molecule has 1 aliphatic heterocycles. The molecular formula is C32H31ClN2O3. The zero-order chi connectivity index (χ0) is 26.8. The van der Waals surface area contributed by atoms with Crippen molar-refractivity contribution in [2.45, 2.75) is 38.8 Å². The molecule has 2 unspecified atom stereocenters. The summed E-state index contributed by atoms with van der Waals surface area (Å²) in [5.74, 6) is -0.547. The summed E-state index contributed by atoms with van der Waals surface area (Å²) < 4.78 is 0. The lowest BCUT2D eigenvalue weighted by Crippen LogP contribution is -2.41. The van der Waals surface area contributed by atoms with Gasteiger partial charge < -0.3 is 20.4 Å². The van der Waals surface area contributed by atoms with Gasteiger partial charge in [0.1, 0.15) is 11.9 Å². The molecule has 1 heterocycles. The molecule has 1 aliphatic rings. The van der Waals surface area contributed by atoms with Gasteiger partial charge in [0, 0.05) is 22.8 Å². The van der Waals surface area contributed by atoms with E-state index in [2.05, 4.69) is 5.32 Å². The van der Waals surface area contributed by atoms with Crippen LogP contribution in [-0.2, 0) is 11.2 Å². The van der Waals surface area contributed by atoms with Crippen molar-refractivity contribution in [3.63, 3.8) is 0 Å². The number of hydrogen-bond donors (Lipinski definition) is 3. The van der Waals surface area contributed by atoms with Crippen molar-refractivity contribution < 1.29 is 15.0 Å². The van der Waals surface area contributed by atoms with E-state index in [1.165, 1.54) is 0 Å². The number of carbonyl (C=O) groups is 1. The number of nitrogens with zero attached hydrogens (tertiary/aromatic N) is 1. The molecule has 4 aromatic carbocycles. The van der Waals surface area contributed by atoms with Gasteiger partial charge in [0.2, 0.25) is 0 Å². The minimum Gasteiger partial charge on any atom is -0.509 e. The second kappa shape index (κ2) is 10.9. The molecule has 0 radical (unpaired) electrons.